The van der Waals surface area contributed by atoms with Crippen LogP contribution >= 0.6 is 11.3 Å². The van der Waals surface area contributed by atoms with Crippen molar-refractivity contribution >= 4 is 38.4 Å². The van der Waals surface area contributed by atoms with Crippen LogP contribution in [0.5, 0.6) is 0 Å². The number of carbonyl (C=O) groups excluding carboxylic acids is 1. The highest BCUT2D eigenvalue weighted by Gasteiger charge is 2.37. The van der Waals surface area contributed by atoms with Crippen molar-refractivity contribution in [1.29, 1.82) is 0 Å². The maximum Gasteiger partial charge on any atom is 0.453 e. The molecule has 0 aliphatic carbocycles. The van der Waals surface area contributed by atoms with Gasteiger partial charge in [-0.05, 0) is 26.0 Å². The predicted octanol–water partition coefficient (Wildman–Crippen LogP) is 3.55. The molecule has 0 saturated heterocycles. The number of nitrogens with zero attached hydrogens (tertiary/aromatic N) is 5. The Balaban J connectivity index is 1.62. The van der Waals surface area contributed by atoms with Crippen molar-refractivity contribution < 1.29 is 18.0 Å². The number of thiazole rings is 1. The summed E-state index contributed by atoms with van der Waals surface area (Å²) in [7, 11) is 0. The Morgan fingerprint density at radius 3 is 2.64 bits per heavy atom. The quantitative estimate of drug-likeness (QED) is 0.562. The molecule has 0 radical (unpaired) electrons. The van der Waals surface area contributed by atoms with Crippen molar-refractivity contribution in [1.82, 2.24) is 24.6 Å². The molecule has 11 heteroatoms. The molecule has 1 amide bonds. The van der Waals surface area contributed by atoms with E-state index in [2.05, 4.69) is 25.4 Å². The van der Waals surface area contributed by atoms with Crippen LogP contribution in [0, 0.1) is 13.8 Å². The van der Waals surface area contributed by atoms with Crippen LogP contribution in [0.15, 0.2) is 24.3 Å². The molecule has 4 rings (SSSR count). The summed E-state index contributed by atoms with van der Waals surface area (Å²) in [5, 5.41) is 6.66. The molecule has 0 atom stereocenters. The lowest BCUT2D eigenvalue weighted by atomic mass is 10.1. The van der Waals surface area contributed by atoms with Crippen molar-refractivity contribution in [2.75, 3.05) is 5.32 Å². The Hall–Kier alpha value is -3.08. The van der Waals surface area contributed by atoms with E-state index in [4.69, 9.17) is 0 Å². The third-order valence-corrected chi connectivity index (χ3v) is 5.13. The summed E-state index contributed by atoms with van der Waals surface area (Å²) in [5.74, 6) is -1.77. The molecular weight excluding hydrogens is 393 g/mol. The normalized spacial score (nSPS) is 12.0. The van der Waals surface area contributed by atoms with Gasteiger partial charge in [0.2, 0.25) is 5.91 Å². The van der Waals surface area contributed by atoms with Crippen LogP contribution < -0.4 is 5.32 Å². The van der Waals surface area contributed by atoms with Gasteiger partial charge >= 0.3 is 6.18 Å². The summed E-state index contributed by atoms with van der Waals surface area (Å²) in [5.41, 5.74) is 2.07. The molecule has 144 valence electrons. The molecule has 0 aliphatic heterocycles. The number of amides is 1. The monoisotopic (exact) mass is 406 g/mol. The van der Waals surface area contributed by atoms with E-state index in [0.717, 1.165) is 14.7 Å². The first-order valence-corrected chi connectivity index (χ1v) is 8.99. The smallest absolute Gasteiger partial charge is 0.302 e. The van der Waals surface area contributed by atoms with E-state index >= 15 is 0 Å². The van der Waals surface area contributed by atoms with Crippen LogP contribution in [0.4, 0.5) is 18.3 Å². The molecule has 0 spiro atoms. The van der Waals surface area contributed by atoms with E-state index in [1.807, 2.05) is 24.3 Å². The molecule has 3 heterocycles. The van der Waals surface area contributed by atoms with Gasteiger partial charge in [-0.25, -0.2) is 14.5 Å². The van der Waals surface area contributed by atoms with E-state index in [1.54, 1.807) is 13.8 Å². The zero-order chi connectivity index (χ0) is 20.1. The van der Waals surface area contributed by atoms with Crippen molar-refractivity contribution in [2.45, 2.75) is 26.4 Å². The Morgan fingerprint density at radius 1 is 1.18 bits per heavy atom. The molecule has 28 heavy (non-hydrogen) atoms. The SMILES string of the molecule is Cc1nc2nc(C(F)(F)F)nn2c(C)c1CC(=O)Nc1nc2ccccc2s1. The van der Waals surface area contributed by atoms with Gasteiger partial charge in [-0.2, -0.15) is 18.2 Å². The average Bonchev–Trinajstić information content (AvgIpc) is 3.21. The second-order valence-electron chi connectivity index (χ2n) is 6.12. The number of hydrogen-bond acceptors (Lipinski definition) is 6. The minimum Gasteiger partial charge on any atom is -0.302 e. The molecule has 1 aromatic carbocycles. The molecule has 7 nitrogen and oxygen atoms in total. The van der Waals surface area contributed by atoms with E-state index < -0.39 is 12.0 Å². The van der Waals surface area contributed by atoms with Crippen molar-refractivity contribution in [3.8, 4) is 0 Å². The van der Waals surface area contributed by atoms with E-state index in [1.165, 1.54) is 11.3 Å². The van der Waals surface area contributed by atoms with Gasteiger partial charge in [0.15, 0.2) is 5.13 Å². The fraction of sp³-hybridized carbons (Fsp3) is 0.235. The highest BCUT2D eigenvalue weighted by Crippen LogP contribution is 2.28. The first-order chi connectivity index (χ1) is 13.2. The van der Waals surface area contributed by atoms with Gasteiger partial charge in [-0.3, -0.25) is 4.79 Å². The molecule has 3 aromatic heterocycles. The molecule has 0 bridgehead atoms. The molecule has 0 unspecified atom stereocenters. The molecule has 0 saturated carbocycles. The maximum atomic E-state index is 12.9. The molecule has 0 fully saturated rings. The third kappa shape index (κ3) is 3.28. The standard InChI is InChI=1S/C17H13F3N6OS/c1-8-10(9(2)26-15(21-8)24-14(25-26)17(18,19)20)7-13(27)23-16-22-11-5-3-4-6-12(11)28-16/h3-6H,7H2,1-2H3,(H,22,23,27). The van der Waals surface area contributed by atoms with E-state index in [-0.39, 0.29) is 18.1 Å². The van der Waals surface area contributed by atoms with Gasteiger partial charge in [-0.1, -0.05) is 23.5 Å². The first kappa shape index (κ1) is 18.3. The summed E-state index contributed by atoms with van der Waals surface area (Å²) in [6.07, 6.45) is -4.74. The lowest BCUT2D eigenvalue weighted by Crippen LogP contribution is -2.17. The minimum absolute atomic E-state index is 0.0717. The summed E-state index contributed by atoms with van der Waals surface area (Å²) < 4.78 is 40.5. The number of benzene rings is 1. The Labute approximate surface area is 160 Å². The van der Waals surface area contributed by atoms with E-state index in [9.17, 15) is 18.0 Å². The van der Waals surface area contributed by atoms with Crippen molar-refractivity contribution in [3.05, 3.63) is 47.0 Å². The number of aryl methyl sites for hydroxylation is 2. The highest BCUT2D eigenvalue weighted by molar-refractivity contribution is 7.22. The first-order valence-electron chi connectivity index (χ1n) is 8.18. The zero-order valence-electron chi connectivity index (χ0n) is 14.7. The zero-order valence-corrected chi connectivity index (χ0v) is 15.5. The summed E-state index contributed by atoms with van der Waals surface area (Å²) in [6, 6.07) is 7.48. The van der Waals surface area contributed by atoms with Crippen LogP contribution in [0.1, 0.15) is 22.8 Å². The van der Waals surface area contributed by atoms with Crippen molar-refractivity contribution in [2.24, 2.45) is 0 Å². The van der Waals surface area contributed by atoms with Crippen molar-refractivity contribution in [3.63, 3.8) is 0 Å². The Bertz CT molecular complexity index is 1180. The van der Waals surface area contributed by atoms with Gasteiger partial charge in [0.05, 0.1) is 16.6 Å². The fourth-order valence-corrected chi connectivity index (χ4v) is 3.72. The second kappa shape index (κ2) is 6.51. The van der Waals surface area contributed by atoms with Crippen LogP contribution in [-0.4, -0.2) is 30.5 Å². The highest BCUT2D eigenvalue weighted by atomic mass is 32.1. The fourth-order valence-electron chi connectivity index (χ4n) is 2.83. The topological polar surface area (TPSA) is 85.1 Å². The number of carbonyl (C=O) groups is 1. The Kier molecular flexibility index (Phi) is 4.26. The summed E-state index contributed by atoms with van der Waals surface area (Å²) >= 11 is 1.34. The predicted molar refractivity (Wildman–Crippen MR) is 97.2 cm³/mol. The number of halogens is 3. The molecular formula is C17H13F3N6OS. The summed E-state index contributed by atoms with van der Waals surface area (Å²) in [4.78, 5) is 24.3. The minimum atomic E-state index is -4.67. The third-order valence-electron chi connectivity index (χ3n) is 4.18. The summed E-state index contributed by atoms with van der Waals surface area (Å²) in [6.45, 7) is 3.20. The number of nitrogens with one attached hydrogen (secondary N) is 1. The van der Waals surface area contributed by atoms with Gasteiger partial charge in [0, 0.05) is 17.0 Å². The van der Waals surface area contributed by atoms with Gasteiger partial charge in [0.1, 0.15) is 0 Å². The van der Waals surface area contributed by atoms with Crippen LogP contribution in [0.25, 0.3) is 16.0 Å². The number of aromatic nitrogens is 5. The lowest BCUT2D eigenvalue weighted by Gasteiger charge is -2.09. The lowest BCUT2D eigenvalue weighted by molar-refractivity contribution is -0.144. The number of rotatable bonds is 3. The molecule has 1 N–H and O–H groups in total. The number of anilines is 1. The van der Waals surface area contributed by atoms with Crippen LogP contribution in [0.2, 0.25) is 0 Å². The number of hydrogen-bond donors (Lipinski definition) is 1. The largest absolute Gasteiger partial charge is 0.453 e. The number of alkyl halides is 3. The van der Waals surface area contributed by atoms with Gasteiger partial charge in [-0.15, -0.1) is 5.10 Å². The second-order valence-corrected chi connectivity index (χ2v) is 7.15. The number of fused-ring (bicyclic) bond motifs is 2. The van der Waals surface area contributed by atoms with Crippen LogP contribution in [0.3, 0.4) is 0 Å². The molecule has 4 aromatic rings. The van der Waals surface area contributed by atoms with Gasteiger partial charge < -0.3 is 5.32 Å². The van der Waals surface area contributed by atoms with Gasteiger partial charge in [0.25, 0.3) is 11.6 Å². The Morgan fingerprint density at radius 2 is 1.93 bits per heavy atom. The number of para-hydroxylation sites is 1. The van der Waals surface area contributed by atoms with Crippen LogP contribution in [-0.2, 0) is 17.4 Å². The van der Waals surface area contributed by atoms with E-state index in [0.29, 0.717) is 22.1 Å². The maximum absolute atomic E-state index is 12.9. The average molecular weight is 406 g/mol. The molecule has 0 aliphatic rings.